The van der Waals surface area contributed by atoms with Gasteiger partial charge in [-0.25, -0.2) is 0 Å². The Morgan fingerprint density at radius 2 is 1.77 bits per heavy atom. The molecule has 2 aromatic rings. The summed E-state index contributed by atoms with van der Waals surface area (Å²) in [5, 5.41) is 14.0. The number of nitrogens with zero attached hydrogens (tertiary/aromatic N) is 1. The van der Waals surface area contributed by atoms with Crippen molar-refractivity contribution in [3.05, 3.63) is 63.7 Å². The highest BCUT2D eigenvalue weighted by atomic mass is 35.5. The summed E-state index contributed by atoms with van der Waals surface area (Å²) >= 11 is 0. The molecule has 0 aromatic heterocycles. The average molecular weight is 323 g/mol. The zero-order chi connectivity index (χ0) is 14.7. The Kier molecular flexibility index (Phi) is 5.19. The molecule has 1 heterocycles. The third kappa shape index (κ3) is 3.66. The fourth-order valence-electron chi connectivity index (χ4n) is 2.18. The van der Waals surface area contributed by atoms with E-state index >= 15 is 0 Å². The van der Waals surface area contributed by atoms with E-state index in [2.05, 4.69) is 5.32 Å². The van der Waals surface area contributed by atoms with Crippen LogP contribution < -0.4 is 14.8 Å². The monoisotopic (exact) mass is 322 g/mol. The van der Waals surface area contributed by atoms with Crippen molar-refractivity contribution in [1.82, 2.24) is 5.32 Å². The first-order chi connectivity index (χ1) is 10.2. The lowest BCUT2D eigenvalue weighted by Gasteiger charge is -2.06. The number of halogens is 1. The summed E-state index contributed by atoms with van der Waals surface area (Å²) in [6, 6.07) is 12.4. The normalized spacial score (nSPS) is 11.8. The minimum Gasteiger partial charge on any atom is -0.454 e. The average Bonchev–Trinajstić information content (AvgIpc) is 2.95. The van der Waals surface area contributed by atoms with E-state index in [-0.39, 0.29) is 29.8 Å². The molecule has 7 heteroatoms. The molecule has 0 amide bonds. The lowest BCUT2D eigenvalue weighted by atomic mass is 10.1. The number of nitro groups is 1. The summed E-state index contributed by atoms with van der Waals surface area (Å²) < 4.78 is 10.6. The lowest BCUT2D eigenvalue weighted by molar-refractivity contribution is -0.384. The largest absolute Gasteiger partial charge is 0.454 e. The zero-order valence-corrected chi connectivity index (χ0v) is 12.5. The molecule has 6 nitrogen and oxygen atoms in total. The first kappa shape index (κ1) is 16.1. The summed E-state index contributed by atoms with van der Waals surface area (Å²) in [4.78, 5) is 10.3. The van der Waals surface area contributed by atoms with Crippen LogP contribution in [0.5, 0.6) is 11.5 Å². The molecule has 0 atom stereocenters. The predicted octanol–water partition coefficient (Wildman–Crippen LogP) is 3.04. The first-order valence-electron chi connectivity index (χ1n) is 6.55. The fraction of sp³-hybridized carbons (Fsp3) is 0.200. The third-order valence-electron chi connectivity index (χ3n) is 3.22. The quantitative estimate of drug-likeness (QED) is 0.676. The van der Waals surface area contributed by atoms with Gasteiger partial charge in [0.15, 0.2) is 11.5 Å². The molecule has 22 heavy (non-hydrogen) atoms. The molecule has 116 valence electrons. The summed E-state index contributed by atoms with van der Waals surface area (Å²) in [7, 11) is 0. The Balaban J connectivity index is 0.00000176. The standard InChI is InChI=1S/C15H14N2O4.ClH/c18-17(19)13-3-1-2-11(6-13)8-16-9-12-4-5-14-15(7-12)21-10-20-14;/h1-7,16H,8-10H2;1H. The molecule has 0 bridgehead atoms. The Morgan fingerprint density at radius 1 is 1.05 bits per heavy atom. The zero-order valence-electron chi connectivity index (χ0n) is 11.7. The molecular weight excluding hydrogens is 308 g/mol. The summed E-state index contributed by atoms with van der Waals surface area (Å²) in [5.74, 6) is 1.52. The predicted molar refractivity (Wildman–Crippen MR) is 83.5 cm³/mol. The van der Waals surface area contributed by atoms with E-state index in [0.29, 0.717) is 13.1 Å². The van der Waals surface area contributed by atoms with Crippen molar-refractivity contribution in [3.8, 4) is 11.5 Å². The summed E-state index contributed by atoms with van der Waals surface area (Å²) in [6.07, 6.45) is 0. The van der Waals surface area contributed by atoms with E-state index in [1.54, 1.807) is 12.1 Å². The van der Waals surface area contributed by atoms with Crippen LogP contribution in [-0.4, -0.2) is 11.7 Å². The maximum absolute atomic E-state index is 10.7. The van der Waals surface area contributed by atoms with Crippen LogP contribution in [0.15, 0.2) is 42.5 Å². The van der Waals surface area contributed by atoms with Gasteiger partial charge in [-0.2, -0.15) is 0 Å². The number of fused-ring (bicyclic) bond motifs is 1. The van der Waals surface area contributed by atoms with Gasteiger partial charge in [0.1, 0.15) is 0 Å². The Morgan fingerprint density at radius 3 is 2.55 bits per heavy atom. The van der Waals surface area contributed by atoms with Gasteiger partial charge in [0.05, 0.1) is 4.92 Å². The minimum atomic E-state index is -0.388. The first-order valence-corrected chi connectivity index (χ1v) is 6.55. The Labute approximate surface area is 133 Å². The molecule has 0 aliphatic carbocycles. The lowest BCUT2D eigenvalue weighted by Crippen LogP contribution is -2.12. The van der Waals surface area contributed by atoms with Gasteiger partial charge in [-0.1, -0.05) is 18.2 Å². The van der Waals surface area contributed by atoms with Crippen molar-refractivity contribution < 1.29 is 14.4 Å². The number of benzene rings is 2. The highest BCUT2D eigenvalue weighted by Crippen LogP contribution is 2.32. The van der Waals surface area contributed by atoms with Crippen LogP contribution in [0.4, 0.5) is 5.69 Å². The van der Waals surface area contributed by atoms with Crippen molar-refractivity contribution in [2.24, 2.45) is 0 Å². The van der Waals surface area contributed by atoms with Crippen molar-refractivity contribution in [2.75, 3.05) is 6.79 Å². The molecule has 0 unspecified atom stereocenters. The summed E-state index contributed by atoms with van der Waals surface area (Å²) in [5.41, 5.74) is 2.06. The Bertz CT molecular complexity index is 678. The van der Waals surface area contributed by atoms with Crippen LogP contribution in [0, 0.1) is 10.1 Å². The summed E-state index contributed by atoms with van der Waals surface area (Å²) in [6.45, 7) is 1.48. The molecule has 0 spiro atoms. The van der Waals surface area contributed by atoms with Crippen LogP contribution >= 0.6 is 12.4 Å². The van der Waals surface area contributed by atoms with Crippen molar-refractivity contribution in [1.29, 1.82) is 0 Å². The topological polar surface area (TPSA) is 73.6 Å². The number of hydrogen-bond acceptors (Lipinski definition) is 5. The van der Waals surface area contributed by atoms with Gasteiger partial charge >= 0.3 is 0 Å². The fourth-order valence-corrected chi connectivity index (χ4v) is 2.18. The minimum absolute atomic E-state index is 0. The van der Waals surface area contributed by atoms with E-state index < -0.39 is 0 Å². The number of nitrogens with one attached hydrogen (secondary N) is 1. The van der Waals surface area contributed by atoms with Crippen LogP contribution in [0.25, 0.3) is 0 Å². The van der Waals surface area contributed by atoms with Crippen molar-refractivity contribution in [2.45, 2.75) is 13.1 Å². The maximum Gasteiger partial charge on any atom is 0.269 e. The van der Waals surface area contributed by atoms with Gasteiger partial charge in [-0.15, -0.1) is 12.4 Å². The molecule has 0 saturated carbocycles. The highest BCUT2D eigenvalue weighted by molar-refractivity contribution is 5.85. The van der Waals surface area contributed by atoms with Gasteiger partial charge < -0.3 is 14.8 Å². The van der Waals surface area contributed by atoms with Gasteiger partial charge in [-0.3, -0.25) is 10.1 Å². The molecule has 2 aromatic carbocycles. The van der Waals surface area contributed by atoms with E-state index in [1.165, 1.54) is 6.07 Å². The maximum atomic E-state index is 10.7. The van der Waals surface area contributed by atoms with Crippen LogP contribution in [0.2, 0.25) is 0 Å². The van der Waals surface area contributed by atoms with Gasteiger partial charge in [0, 0.05) is 25.2 Å². The molecule has 3 rings (SSSR count). The van der Waals surface area contributed by atoms with E-state index in [9.17, 15) is 10.1 Å². The van der Waals surface area contributed by atoms with E-state index in [1.807, 2.05) is 24.3 Å². The second-order valence-corrected chi connectivity index (χ2v) is 4.72. The molecule has 1 aliphatic heterocycles. The third-order valence-corrected chi connectivity index (χ3v) is 3.22. The molecule has 1 aliphatic rings. The molecule has 0 fully saturated rings. The molecular formula is C15H15ClN2O4. The number of non-ortho nitro benzene ring substituents is 1. The van der Waals surface area contributed by atoms with Crippen molar-refractivity contribution >= 4 is 18.1 Å². The second-order valence-electron chi connectivity index (χ2n) is 4.72. The second kappa shape index (κ2) is 7.11. The molecule has 0 radical (unpaired) electrons. The Hall–Kier alpha value is -2.31. The van der Waals surface area contributed by atoms with Gasteiger partial charge in [-0.05, 0) is 23.3 Å². The SMILES string of the molecule is Cl.O=[N+]([O-])c1cccc(CNCc2ccc3c(c2)OCO3)c1. The number of nitro benzene ring substituents is 1. The molecule has 0 saturated heterocycles. The number of ether oxygens (including phenoxy) is 2. The van der Waals surface area contributed by atoms with Gasteiger partial charge in [0.25, 0.3) is 5.69 Å². The number of hydrogen-bond donors (Lipinski definition) is 1. The van der Waals surface area contributed by atoms with Crippen LogP contribution in [0.1, 0.15) is 11.1 Å². The van der Waals surface area contributed by atoms with Crippen molar-refractivity contribution in [3.63, 3.8) is 0 Å². The van der Waals surface area contributed by atoms with Gasteiger partial charge in [0.2, 0.25) is 6.79 Å². The highest BCUT2D eigenvalue weighted by Gasteiger charge is 2.12. The van der Waals surface area contributed by atoms with E-state index in [4.69, 9.17) is 9.47 Å². The van der Waals surface area contributed by atoms with Crippen LogP contribution in [0.3, 0.4) is 0 Å². The van der Waals surface area contributed by atoms with Crippen LogP contribution in [-0.2, 0) is 13.1 Å². The van der Waals surface area contributed by atoms with E-state index in [0.717, 1.165) is 22.6 Å². The smallest absolute Gasteiger partial charge is 0.269 e. The number of rotatable bonds is 5. The molecule has 1 N–H and O–H groups in total.